The van der Waals surface area contributed by atoms with E-state index in [1.807, 2.05) is 6.92 Å². The number of nitrogens with two attached hydrogens (primary N) is 1. The molecule has 3 rings (SSSR count). The van der Waals surface area contributed by atoms with Crippen molar-refractivity contribution in [3.8, 4) is 0 Å². The van der Waals surface area contributed by atoms with E-state index in [0.717, 1.165) is 19.6 Å². The van der Waals surface area contributed by atoms with Gasteiger partial charge in [-0.15, -0.1) is 0 Å². The van der Waals surface area contributed by atoms with E-state index in [9.17, 15) is 0 Å². The average Bonchev–Trinajstić information content (AvgIpc) is 2.76. The molecular formula is C13H17NO2. The standard InChI is InChI=1S/C13H17NO2/c1-8(14)13-12-9(4-5-16-13)2-3-10-6-15-7-11(10)12/h2-3,8,13H,4-7,14H2,1H3. The summed E-state index contributed by atoms with van der Waals surface area (Å²) in [5.41, 5.74) is 11.3. The van der Waals surface area contributed by atoms with Crippen molar-refractivity contribution in [1.29, 1.82) is 0 Å². The van der Waals surface area contributed by atoms with E-state index in [-0.39, 0.29) is 12.1 Å². The van der Waals surface area contributed by atoms with Gasteiger partial charge in [0.2, 0.25) is 0 Å². The fourth-order valence-electron chi connectivity index (χ4n) is 2.69. The van der Waals surface area contributed by atoms with Gasteiger partial charge in [-0.1, -0.05) is 12.1 Å². The van der Waals surface area contributed by atoms with Gasteiger partial charge in [0.1, 0.15) is 0 Å². The third-order valence-electron chi connectivity index (χ3n) is 3.48. The predicted octanol–water partition coefficient (Wildman–Crippen LogP) is 1.68. The molecule has 0 aromatic heterocycles. The third kappa shape index (κ3) is 1.47. The number of ether oxygens (including phenoxy) is 2. The Labute approximate surface area is 95.5 Å². The molecule has 2 N–H and O–H groups in total. The molecule has 2 unspecified atom stereocenters. The zero-order chi connectivity index (χ0) is 11.1. The van der Waals surface area contributed by atoms with Crippen LogP contribution in [0.1, 0.15) is 35.3 Å². The van der Waals surface area contributed by atoms with E-state index in [0.29, 0.717) is 6.61 Å². The Morgan fingerprint density at radius 1 is 1.31 bits per heavy atom. The van der Waals surface area contributed by atoms with Crippen LogP contribution in [-0.2, 0) is 29.1 Å². The lowest BCUT2D eigenvalue weighted by atomic mass is 9.88. The topological polar surface area (TPSA) is 44.5 Å². The maximum absolute atomic E-state index is 6.01. The number of hydrogen-bond acceptors (Lipinski definition) is 3. The smallest absolute Gasteiger partial charge is 0.0979 e. The first kappa shape index (κ1) is 10.3. The fourth-order valence-corrected chi connectivity index (χ4v) is 2.69. The lowest BCUT2D eigenvalue weighted by Crippen LogP contribution is -2.32. The van der Waals surface area contributed by atoms with Gasteiger partial charge >= 0.3 is 0 Å². The molecule has 0 saturated carbocycles. The van der Waals surface area contributed by atoms with Gasteiger partial charge in [-0.3, -0.25) is 0 Å². The maximum atomic E-state index is 6.01. The minimum absolute atomic E-state index is 0.0335. The van der Waals surface area contributed by atoms with Crippen LogP contribution in [0.2, 0.25) is 0 Å². The molecule has 3 heteroatoms. The Balaban J connectivity index is 2.13. The summed E-state index contributed by atoms with van der Waals surface area (Å²) in [7, 11) is 0. The van der Waals surface area contributed by atoms with Crippen molar-refractivity contribution in [2.45, 2.75) is 38.7 Å². The Kier molecular flexibility index (Phi) is 2.46. The van der Waals surface area contributed by atoms with E-state index in [1.54, 1.807) is 0 Å². The molecule has 0 spiro atoms. The van der Waals surface area contributed by atoms with Crippen LogP contribution in [0.15, 0.2) is 12.1 Å². The Morgan fingerprint density at radius 2 is 2.12 bits per heavy atom. The summed E-state index contributed by atoms with van der Waals surface area (Å²) in [6.45, 7) is 4.23. The van der Waals surface area contributed by atoms with Gasteiger partial charge < -0.3 is 15.2 Å². The second-order valence-electron chi connectivity index (χ2n) is 4.67. The minimum Gasteiger partial charge on any atom is -0.372 e. The van der Waals surface area contributed by atoms with Crippen molar-refractivity contribution >= 4 is 0 Å². The molecule has 0 saturated heterocycles. The first-order valence-corrected chi connectivity index (χ1v) is 5.86. The van der Waals surface area contributed by atoms with Crippen LogP contribution in [0.4, 0.5) is 0 Å². The van der Waals surface area contributed by atoms with Crippen LogP contribution in [0.25, 0.3) is 0 Å². The molecule has 2 heterocycles. The van der Waals surface area contributed by atoms with Gasteiger partial charge in [-0.2, -0.15) is 0 Å². The fraction of sp³-hybridized carbons (Fsp3) is 0.538. The Bertz CT molecular complexity index is 415. The van der Waals surface area contributed by atoms with Crippen molar-refractivity contribution in [2.24, 2.45) is 5.73 Å². The lowest BCUT2D eigenvalue weighted by molar-refractivity contribution is 0.0269. The van der Waals surface area contributed by atoms with E-state index in [2.05, 4.69) is 12.1 Å². The highest BCUT2D eigenvalue weighted by Crippen LogP contribution is 2.36. The SMILES string of the molecule is CC(N)C1OCCc2ccc3c(c21)COC3. The van der Waals surface area contributed by atoms with E-state index < -0.39 is 0 Å². The highest BCUT2D eigenvalue weighted by molar-refractivity contribution is 5.45. The lowest BCUT2D eigenvalue weighted by Gasteiger charge is -2.30. The highest BCUT2D eigenvalue weighted by atomic mass is 16.5. The van der Waals surface area contributed by atoms with Gasteiger partial charge in [0.15, 0.2) is 0 Å². The third-order valence-corrected chi connectivity index (χ3v) is 3.48. The number of rotatable bonds is 1. The quantitative estimate of drug-likeness (QED) is 0.781. The maximum Gasteiger partial charge on any atom is 0.0979 e. The van der Waals surface area contributed by atoms with E-state index in [4.69, 9.17) is 15.2 Å². The molecule has 3 nitrogen and oxygen atoms in total. The van der Waals surface area contributed by atoms with Gasteiger partial charge in [-0.25, -0.2) is 0 Å². The molecule has 0 fully saturated rings. The van der Waals surface area contributed by atoms with Crippen molar-refractivity contribution in [1.82, 2.24) is 0 Å². The molecule has 0 amide bonds. The van der Waals surface area contributed by atoms with Gasteiger partial charge in [-0.05, 0) is 35.6 Å². The summed E-state index contributed by atoms with van der Waals surface area (Å²) >= 11 is 0. The van der Waals surface area contributed by atoms with Crippen LogP contribution >= 0.6 is 0 Å². The molecule has 0 aliphatic carbocycles. The second-order valence-corrected chi connectivity index (χ2v) is 4.67. The average molecular weight is 219 g/mol. The van der Waals surface area contributed by atoms with Gasteiger partial charge in [0, 0.05) is 6.04 Å². The van der Waals surface area contributed by atoms with Crippen LogP contribution < -0.4 is 5.73 Å². The monoisotopic (exact) mass is 219 g/mol. The molecule has 0 bridgehead atoms. The molecule has 2 aliphatic rings. The second kappa shape index (κ2) is 3.84. The van der Waals surface area contributed by atoms with Gasteiger partial charge in [0.25, 0.3) is 0 Å². The zero-order valence-corrected chi connectivity index (χ0v) is 9.53. The Hall–Kier alpha value is -0.900. The van der Waals surface area contributed by atoms with E-state index >= 15 is 0 Å². The first-order chi connectivity index (χ1) is 7.77. The molecule has 2 aliphatic heterocycles. The Morgan fingerprint density at radius 3 is 2.94 bits per heavy atom. The summed E-state index contributed by atoms with van der Waals surface area (Å²) in [4.78, 5) is 0. The summed E-state index contributed by atoms with van der Waals surface area (Å²) in [6, 6.07) is 4.43. The van der Waals surface area contributed by atoms with E-state index in [1.165, 1.54) is 22.3 Å². The summed E-state index contributed by atoms with van der Waals surface area (Å²) < 4.78 is 11.3. The van der Waals surface area contributed by atoms with Crippen molar-refractivity contribution in [3.63, 3.8) is 0 Å². The van der Waals surface area contributed by atoms with Crippen molar-refractivity contribution < 1.29 is 9.47 Å². The number of fused-ring (bicyclic) bond motifs is 3. The summed E-state index contributed by atoms with van der Waals surface area (Å²) in [6.07, 6.45) is 1.03. The molecule has 0 radical (unpaired) electrons. The molecular weight excluding hydrogens is 202 g/mol. The minimum atomic E-state index is 0.0335. The largest absolute Gasteiger partial charge is 0.372 e. The van der Waals surface area contributed by atoms with Crippen LogP contribution in [0.5, 0.6) is 0 Å². The number of hydrogen-bond donors (Lipinski definition) is 1. The van der Waals surface area contributed by atoms with Crippen LogP contribution in [-0.4, -0.2) is 12.6 Å². The van der Waals surface area contributed by atoms with Crippen molar-refractivity contribution in [2.75, 3.05) is 6.61 Å². The van der Waals surface area contributed by atoms with Crippen molar-refractivity contribution in [3.05, 3.63) is 34.4 Å². The highest BCUT2D eigenvalue weighted by Gasteiger charge is 2.29. The normalized spacial score (nSPS) is 25.0. The predicted molar refractivity (Wildman–Crippen MR) is 61.0 cm³/mol. The zero-order valence-electron chi connectivity index (χ0n) is 9.53. The van der Waals surface area contributed by atoms with Gasteiger partial charge in [0.05, 0.1) is 25.9 Å². The molecule has 86 valence electrons. The first-order valence-electron chi connectivity index (χ1n) is 5.86. The van der Waals surface area contributed by atoms with Crippen LogP contribution in [0.3, 0.4) is 0 Å². The molecule has 2 atom stereocenters. The summed E-state index contributed by atoms with van der Waals surface area (Å²) in [5.74, 6) is 0. The molecule has 1 aromatic rings. The summed E-state index contributed by atoms with van der Waals surface area (Å²) in [5, 5.41) is 0. The molecule has 16 heavy (non-hydrogen) atoms. The number of benzene rings is 1. The van der Waals surface area contributed by atoms with Crippen LogP contribution in [0, 0.1) is 0 Å². The molecule has 1 aromatic carbocycles.